The smallest absolute Gasteiger partial charge is 0.304 e. The molecule has 1 rings (SSSR count). The zero-order valence-electron chi connectivity index (χ0n) is 11.8. The lowest BCUT2D eigenvalue weighted by molar-refractivity contribution is -0.143. The van der Waals surface area contributed by atoms with Gasteiger partial charge in [-0.1, -0.05) is 13.8 Å². The molecule has 0 aromatic carbocycles. The van der Waals surface area contributed by atoms with Gasteiger partial charge in [-0.05, 0) is 19.9 Å². The monoisotopic (exact) mass is 270 g/mol. The van der Waals surface area contributed by atoms with Crippen LogP contribution in [0.1, 0.15) is 40.0 Å². The fourth-order valence-electron chi connectivity index (χ4n) is 2.34. The molecule has 6 heteroatoms. The minimum atomic E-state index is -0.894. The number of likely N-dealkylation sites (N-methyl/N-ethyl adjacent to an activating group) is 1. The van der Waals surface area contributed by atoms with Crippen molar-refractivity contribution in [2.24, 2.45) is 0 Å². The maximum atomic E-state index is 12.3. The highest BCUT2D eigenvalue weighted by Crippen LogP contribution is 2.22. The topological polar surface area (TPSA) is 77.9 Å². The fraction of sp³-hybridized carbons (Fsp3) is 0.769. The number of nitrogens with zero attached hydrogens (tertiary/aromatic N) is 2. The number of amides is 2. The number of imide groups is 1. The highest BCUT2D eigenvalue weighted by molar-refractivity contribution is 6.05. The third kappa shape index (κ3) is 3.53. The molecule has 1 N–H and O–H groups in total. The van der Waals surface area contributed by atoms with Crippen LogP contribution in [0.3, 0.4) is 0 Å². The predicted molar refractivity (Wildman–Crippen MR) is 69.5 cm³/mol. The lowest BCUT2D eigenvalue weighted by Crippen LogP contribution is -2.45. The van der Waals surface area contributed by atoms with Crippen LogP contribution in [0.4, 0.5) is 0 Å². The molecule has 1 aliphatic rings. The number of carbonyl (C=O) groups excluding carboxylic acids is 2. The first-order valence-corrected chi connectivity index (χ1v) is 6.74. The summed E-state index contributed by atoms with van der Waals surface area (Å²) in [7, 11) is 0. The number of rotatable bonds is 7. The summed E-state index contributed by atoms with van der Waals surface area (Å²) in [5, 5.41) is 8.71. The molecule has 19 heavy (non-hydrogen) atoms. The quantitative estimate of drug-likeness (QED) is 0.689. The maximum Gasteiger partial charge on any atom is 0.304 e. The predicted octanol–water partition coefficient (Wildman–Crippen LogP) is 0.709. The van der Waals surface area contributed by atoms with Gasteiger partial charge in [0, 0.05) is 12.6 Å². The number of aliphatic carboxylic acids is 1. The number of likely N-dealkylation sites (tertiary alicyclic amines) is 1. The van der Waals surface area contributed by atoms with Gasteiger partial charge >= 0.3 is 5.97 Å². The van der Waals surface area contributed by atoms with E-state index in [-0.39, 0.29) is 30.7 Å². The molecule has 0 spiro atoms. The summed E-state index contributed by atoms with van der Waals surface area (Å²) in [5.41, 5.74) is 0. The molecular weight excluding hydrogens is 248 g/mol. The summed E-state index contributed by atoms with van der Waals surface area (Å²) in [4.78, 5) is 37.9. The van der Waals surface area contributed by atoms with Crippen LogP contribution in [0.15, 0.2) is 0 Å². The van der Waals surface area contributed by atoms with Crippen LogP contribution in [-0.2, 0) is 14.4 Å². The number of hydrogen-bond donors (Lipinski definition) is 1. The van der Waals surface area contributed by atoms with E-state index in [0.29, 0.717) is 13.1 Å². The molecule has 0 aliphatic carbocycles. The molecule has 0 aromatic rings. The molecule has 2 amide bonds. The summed E-state index contributed by atoms with van der Waals surface area (Å²) in [6.45, 7) is 6.51. The lowest BCUT2D eigenvalue weighted by atomic mass is 10.2. The molecule has 1 fully saturated rings. The van der Waals surface area contributed by atoms with Gasteiger partial charge in [0.15, 0.2) is 0 Å². The zero-order valence-corrected chi connectivity index (χ0v) is 11.8. The Bertz CT molecular complexity index is 370. The summed E-state index contributed by atoms with van der Waals surface area (Å²) < 4.78 is 0. The molecule has 0 saturated carbocycles. The summed E-state index contributed by atoms with van der Waals surface area (Å²) >= 11 is 0. The van der Waals surface area contributed by atoms with Gasteiger partial charge in [0.1, 0.15) is 0 Å². The van der Waals surface area contributed by atoms with Crippen molar-refractivity contribution in [1.29, 1.82) is 0 Å². The minimum absolute atomic E-state index is 0.0187. The van der Waals surface area contributed by atoms with Crippen molar-refractivity contribution in [3.63, 3.8) is 0 Å². The van der Waals surface area contributed by atoms with Crippen molar-refractivity contribution in [3.8, 4) is 0 Å². The van der Waals surface area contributed by atoms with E-state index in [4.69, 9.17) is 5.11 Å². The second-order valence-corrected chi connectivity index (χ2v) is 4.85. The first kappa shape index (κ1) is 15.6. The van der Waals surface area contributed by atoms with E-state index >= 15 is 0 Å². The molecule has 2 unspecified atom stereocenters. The van der Waals surface area contributed by atoms with Gasteiger partial charge in [-0.15, -0.1) is 0 Å². The Kier molecular flexibility index (Phi) is 5.47. The van der Waals surface area contributed by atoms with Gasteiger partial charge < -0.3 is 5.11 Å². The van der Waals surface area contributed by atoms with Crippen LogP contribution in [0.25, 0.3) is 0 Å². The van der Waals surface area contributed by atoms with E-state index in [0.717, 1.165) is 6.42 Å². The lowest BCUT2D eigenvalue weighted by Gasteiger charge is -2.26. The number of carboxylic acid groups (broad SMARTS) is 1. The molecule has 108 valence electrons. The molecule has 1 aliphatic heterocycles. The van der Waals surface area contributed by atoms with E-state index in [1.54, 1.807) is 4.90 Å². The van der Waals surface area contributed by atoms with Crippen molar-refractivity contribution in [3.05, 3.63) is 0 Å². The number of carbonyl (C=O) groups is 3. The third-order valence-electron chi connectivity index (χ3n) is 3.65. The molecule has 0 radical (unpaired) electrons. The Labute approximate surface area is 113 Å². The minimum Gasteiger partial charge on any atom is -0.481 e. The van der Waals surface area contributed by atoms with Crippen molar-refractivity contribution in [2.45, 2.75) is 52.1 Å². The standard InChI is InChI=1S/C13H22N2O4/c1-4-9(3)15-11(16)8-10(13(15)19)14(5-2)7-6-12(17)18/h9-10H,4-8H2,1-3H3,(H,17,18). The van der Waals surface area contributed by atoms with Crippen LogP contribution < -0.4 is 0 Å². The van der Waals surface area contributed by atoms with Gasteiger partial charge in [-0.3, -0.25) is 24.2 Å². The zero-order chi connectivity index (χ0) is 14.6. The summed E-state index contributed by atoms with van der Waals surface area (Å²) in [5.74, 6) is -1.24. The van der Waals surface area contributed by atoms with Crippen LogP contribution in [0.5, 0.6) is 0 Å². The molecule has 0 aromatic heterocycles. The van der Waals surface area contributed by atoms with Crippen LogP contribution in [0, 0.1) is 0 Å². The normalized spacial score (nSPS) is 21.3. The average molecular weight is 270 g/mol. The highest BCUT2D eigenvalue weighted by Gasteiger charge is 2.42. The molecule has 6 nitrogen and oxygen atoms in total. The Balaban J connectivity index is 2.75. The second kappa shape index (κ2) is 6.65. The average Bonchev–Trinajstić information content (AvgIpc) is 2.65. The van der Waals surface area contributed by atoms with E-state index in [1.165, 1.54) is 4.90 Å². The van der Waals surface area contributed by atoms with Crippen molar-refractivity contribution < 1.29 is 19.5 Å². The van der Waals surface area contributed by atoms with Gasteiger partial charge in [0.25, 0.3) is 0 Å². The fourth-order valence-corrected chi connectivity index (χ4v) is 2.34. The Morgan fingerprint density at radius 1 is 1.47 bits per heavy atom. The Morgan fingerprint density at radius 2 is 2.11 bits per heavy atom. The van der Waals surface area contributed by atoms with Crippen molar-refractivity contribution >= 4 is 17.8 Å². The molecular formula is C13H22N2O4. The van der Waals surface area contributed by atoms with Gasteiger partial charge in [0.2, 0.25) is 11.8 Å². The van der Waals surface area contributed by atoms with E-state index in [9.17, 15) is 14.4 Å². The molecule has 0 bridgehead atoms. The van der Waals surface area contributed by atoms with E-state index in [2.05, 4.69) is 0 Å². The maximum absolute atomic E-state index is 12.3. The number of hydrogen-bond acceptors (Lipinski definition) is 4. The molecule has 2 atom stereocenters. The van der Waals surface area contributed by atoms with Crippen LogP contribution >= 0.6 is 0 Å². The van der Waals surface area contributed by atoms with Crippen molar-refractivity contribution in [1.82, 2.24) is 9.80 Å². The second-order valence-electron chi connectivity index (χ2n) is 4.85. The molecule has 1 heterocycles. The molecule has 1 saturated heterocycles. The van der Waals surface area contributed by atoms with Crippen LogP contribution in [-0.4, -0.2) is 57.9 Å². The highest BCUT2D eigenvalue weighted by atomic mass is 16.4. The van der Waals surface area contributed by atoms with Gasteiger partial charge in [0.05, 0.1) is 18.9 Å². The Morgan fingerprint density at radius 3 is 2.58 bits per heavy atom. The first-order chi connectivity index (χ1) is 8.92. The van der Waals surface area contributed by atoms with Crippen molar-refractivity contribution in [2.75, 3.05) is 13.1 Å². The van der Waals surface area contributed by atoms with E-state index < -0.39 is 12.0 Å². The summed E-state index contributed by atoms with van der Waals surface area (Å²) in [6, 6.07) is -0.589. The SMILES string of the molecule is CCC(C)N1C(=O)CC(N(CC)CCC(=O)O)C1=O. The summed E-state index contributed by atoms with van der Waals surface area (Å²) in [6.07, 6.45) is 0.872. The largest absolute Gasteiger partial charge is 0.481 e. The first-order valence-electron chi connectivity index (χ1n) is 6.74. The third-order valence-corrected chi connectivity index (χ3v) is 3.65. The van der Waals surface area contributed by atoms with Gasteiger partial charge in [-0.25, -0.2) is 0 Å². The van der Waals surface area contributed by atoms with Gasteiger partial charge in [-0.2, -0.15) is 0 Å². The number of carboxylic acids is 1. The van der Waals surface area contributed by atoms with Crippen LogP contribution in [0.2, 0.25) is 0 Å². The Hall–Kier alpha value is -1.43. The van der Waals surface area contributed by atoms with E-state index in [1.807, 2.05) is 20.8 Å².